The van der Waals surface area contributed by atoms with Gasteiger partial charge in [-0.15, -0.1) is 11.6 Å². The molecular weight excluding hydrogens is 334 g/mol. The number of hydrogen-bond donors (Lipinski definition) is 0. The van der Waals surface area contributed by atoms with Crippen LogP contribution in [-0.4, -0.2) is 48.9 Å². The molecule has 2 heterocycles. The van der Waals surface area contributed by atoms with E-state index in [4.69, 9.17) is 11.6 Å². The van der Waals surface area contributed by atoms with E-state index in [9.17, 15) is 4.79 Å². The molecule has 0 radical (unpaired) electrons. The number of halogens is 1. The van der Waals surface area contributed by atoms with Crippen LogP contribution in [0.15, 0.2) is 42.6 Å². The number of carbonyl (C=O) groups is 1. The number of benzene rings is 1. The van der Waals surface area contributed by atoms with Gasteiger partial charge in [0.05, 0.1) is 18.4 Å². The van der Waals surface area contributed by atoms with E-state index in [2.05, 4.69) is 51.2 Å². The second kappa shape index (κ2) is 8.97. The van der Waals surface area contributed by atoms with Gasteiger partial charge in [-0.3, -0.25) is 9.88 Å². The summed E-state index contributed by atoms with van der Waals surface area (Å²) in [6.45, 7) is 4.28. The number of pyridine rings is 1. The number of aryl methyl sites for hydroxylation is 2. The minimum atomic E-state index is 0.538. The molecule has 0 unspecified atom stereocenters. The highest BCUT2D eigenvalue weighted by Crippen LogP contribution is 2.17. The monoisotopic (exact) mass is 357 g/mol. The Balaban J connectivity index is 1.53. The molecule has 0 amide bonds. The Bertz CT molecular complexity index is 682. The van der Waals surface area contributed by atoms with Crippen LogP contribution in [0.2, 0.25) is 0 Å². The molecule has 1 aromatic carbocycles. The maximum Gasteiger partial charge on any atom is 0.133 e. The molecule has 0 aliphatic carbocycles. The number of anilines is 1. The van der Waals surface area contributed by atoms with E-state index in [0.29, 0.717) is 12.4 Å². The van der Waals surface area contributed by atoms with Gasteiger partial charge in [0.2, 0.25) is 0 Å². The highest BCUT2D eigenvalue weighted by Gasteiger charge is 2.16. The third-order valence-corrected chi connectivity index (χ3v) is 5.00. The minimum Gasteiger partial charge on any atom is -0.368 e. The fourth-order valence-electron chi connectivity index (χ4n) is 3.19. The Morgan fingerprint density at radius 3 is 2.52 bits per heavy atom. The summed E-state index contributed by atoms with van der Waals surface area (Å²) in [5, 5.41) is 0. The van der Waals surface area contributed by atoms with Crippen LogP contribution in [0.5, 0.6) is 0 Å². The van der Waals surface area contributed by atoms with Gasteiger partial charge in [0.25, 0.3) is 0 Å². The maximum atomic E-state index is 10.6. The van der Waals surface area contributed by atoms with Gasteiger partial charge in [-0.25, -0.2) is 0 Å². The summed E-state index contributed by atoms with van der Waals surface area (Å²) in [5.41, 5.74) is 4.74. The van der Waals surface area contributed by atoms with E-state index >= 15 is 0 Å². The van der Waals surface area contributed by atoms with E-state index in [1.54, 1.807) is 0 Å². The van der Waals surface area contributed by atoms with E-state index in [0.717, 1.165) is 56.6 Å². The first-order valence-corrected chi connectivity index (χ1v) is 9.31. The zero-order valence-corrected chi connectivity index (χ0v) is 15.2. The molecule has 25 heavy (non-hydrogen) atoms. The Labute approximate surface area is 154 Å². The summed E-state index contributed by atoms with van der Waals surface area (Å²) in [6.07, 6.45) is 4.86. The molecule has 132 valence electrons. The number of alkyl halides is 1. The van der Waals surface area contributed by atoms with Crippen molar-refractivity contribution >= 4 is 23.6 Å². The Hall–Kier alpha value is -1.91. The van der Waals surface area contributed by atoms with Gasteiger partial charge in [0.1, 0.15) is 6.29 Å². The molecule has 0 spiro atoms. The molecule has 2 aromatic rings. The van der Waals surface area contributed by atoms with Crippen LogP contribution < -0.4 is 4.90 Å². The third kappa shape index (κ3) is 5.03. The van der Waals surface area contributed by atoms with Gasteiger partial charge < -0.3 is 9.69 Å². The molecule has 0 saturated carbocycles. The lowest BCUT2D eigenvalue weighted by Crippen LogP contribution is -2.46. The van der Waals surface area contributed by atoms with Crippen LogP contribution in [0.3, 0.4) is 0 Å². The lowest BCUT2D eigenvalue weighted by Gasteiger charge is -2.35. The fourth-order valence-corrected chi connectivity index (χ4v) is 3.35. The first-order chi connectivity index (χ1) is 12.3. The zero-order chi connectivity index (χ0) is 17.5. The van der Waals surface area contributed by atoms with Crippen molar-refractivity contribution in [3.8, 4) is 0 Å². The number of hydrogen-bond acceptors (Lipinski definition) is 4. The molecule has 1 aromatic heterocycles. The number of nitrogens with zero attached hydrogens (tertiary/aromatic N) is 3. The van der Waals surface area contributed by atoms with Gasteiger partial charge in [0.15, 0.2) is 0 Å². The van der Waals surface area contributed by atoms with Crippen molar-refractivity contribution in [3.05, 3.63) is 59.4 Å². The van der Waals surface area contributed by atoms with Crippen molar-refractivity contribution in [3.63, 3.8) is 0 Å². The number of rotatable bonds is 7. The Morgan fingerprint density at radius 2 is 1.84 bits per heavy atom. The standard InChI is InChI=1S/C20H24ClN3O/c21-15-18-3-1-2-17(14-18)4-5-19-6-7-20(16-22-19)24-10-8-23(9-11-24)12-13-25/h1-3,6-7,13-14,16H,4-5,8-12,15H2. The first kappa shape index (κ1) is 17.9. The first-order valence-electron chi connectivity index (χ1n) is 8.78. The van der Waals surface area contributed by atoms with Crippen molar-refractivity contribution in [1.29, 1.82) is 0 Å². The molecule has 1 fully saturated rings. The van der Waals surface area contributed by atoms with Gasteiger partial charge in [-0.05, 0) is 36.1 Å². The molecule has 1 aliphatic heterocycles. The fraction of sp³-hybridized carbons (Fsp3) is 0.400. The average Bonchev–Trinajstić information content (AvgIpc) is 2.68. The summed E-state index contributed by atoms with van der Waals surface area (Å²) in [7, 11) is 0. The summed E-state index contributed by atoms with van der Waals surface area (Å²) in [4.78, 5) is 19.7. The number of carbonyl (C=O) groups excluding carboxylic acids is 1. The quantitative estimate of drug-likeness (QED) is 0.564. The molecule has 0 bridgehead atoms. The van der Waals surface area contributed by atoms with Crippen LogP contribution in [-0.2, 0) is 23.5 Å². The molecule has 1 saturated heterocycles. The summed E-state index contributed by atoms with van der Waals surface area (Å²) < 4.78 is 0. The van der Waals surface area contributed by atoms with Crippen molar-refractivity contribution < 1.29 is 4.79 Å². The van der Waals surface area contributed by atoms with Crippen molar-refractivity contribution in [2.45, 2.75) is 18.7 Å². The SMILES string of the molecule is O=CCN1CCN(c2ccc(CCc3cccc(CCl)c3)nc2)CC1. The summed E-state index contributed by atoms with van der Waals surface area (Å²) >= 11 is 5.90. The molecule has 3 rings (SSSR count). The van der Waals surface area contributed by atoms with E-state index in [-0.39, 0.29) is 0 Å². The van der Waals surface area contributed by atoms with Crippen LogP contribution in [0.4, 0.5) is 5.69 Å². The molecule has 0 N–H and O–H groups in total. The third-order valence-electron chi connectivity index (χ3n) is 4.69. The predicted octanol–water partition coefficient (Wildman–Crippen LogP) is 2.93. The molecule has 4 nitrogen and oxygen atoms in total. The highest BCUT2D eigenvalue weighted by atomic mass is 35.5. The van der Waals surface area contributed by atoms with Gasteiger partial charge in [-0.2, -0.15) is 0 Å². The zero-order valence-electron chi connectivity index (χ0n) is 14.4. The molecule has 0 atom stereocenters. The molecule has 1 aliphatic rings. The van der Waals surface area contributed by atoms with Gasteiger partial charge in [0, 0.05) is 37.8 Å². The van der Waals surface area contributed by atoms with Crippen molar-refractivity contribution in [1.82, 2.24) is 9.88 Å². The highest BCUT2D eigenvalue weighted by molar-refractivity contribution is 6.17. The minimum absolute atomic E-state index is 0.538. The molecular formula is C20H24ClN3O. The van der Waals surface area contributed by atoms with Crippen LogP contribution in [0, 0.1) is 0 Å². The summed E-state index contributed by atoms with van der Waals surface area (Å²) in [6, 6.07) is 12.7. The lowest BCUT2D eigenvalue weighted by atomic mass is 10.1. The topological polar surface area (TPSA) is 36.4 Å². The molecule has 5 heteroatoms. The number of aldehydes is 1. The Kier molecular flexibility index (Phi) is 6.42. The van der Waals surface area contributed by atoms with Crippen LogP contribution in [0.1, 0.15) is 16.8 Å². The van der Waals surface area contributed by atoms with Crippen molar-refractivity contribution in [2.24, 2.45) is 0 Å². The number of aromatic nitrogens is 1. The van der Waals surface area contributed by atoms with Crippen LogP contribution in [0.25, 0.3) is 0 Å². The lowest BCUT2D eigenvalue weighted by molar-refractivity contribution is -0.108. The average molecular weight is 358 g/mol. The second-order valence-corrected chi connectivity index (χ2v) is 6.68. The smallest absolute Gasteiger partial charge is 0.133 e. The van der Waals surface area contributed by atoms with Gasteiger partial charge in [-0.1, -0.05) is 24.3 Å². The van der Waals surface area contributed by atoms with Crippen molar-refractivity contribution in [2.75, 3.05) is 37.6 Å². The second-order valence-electron chi connectivity index (χ2n) is 6.42. The maximum absolute atomic E-state index is 10.6. The van der Waals surface area contributed by atoms with E-state index in [1.165, 1.54) is 11.3 Å². The summed E-state index contributed by atoms with van der Waals surface area (Å²) in [5.74, 6) is 0.556. The van der Waals surface area contributed by atoms with Gasteiger partial charge >= 0.3 is 0 Å². The largest absolute Gasteiger partial charge is 0.368 e. The normalized spacial score (nSPS) is 15.3. The Morgan fingerprint density at radius 1 is 1.04 bits per heavy atom. The number of piperazine rings is 1. The van der Waals surface area contributed by atoms with Crippen LogP contribution >= 0.6 is 11.6 Å². The van der Waals surface area contributed by atoms with E-state index < -0.39 is 0 Å². The predicted molar refractivity (Wildman–Crippen MR) is 102 cm³/mol. The van der Waals surface area contributed by atoms with E-state index in [1.807, 2.05) is 6.20 Å².